The van der Waals surface area contributed by atoms with E-state index in [1.54, 1.807) is 6.92 Å². The Morgan fingerprint density at radius 3 is 2.33 bits per heavy atom. The van der Waals surface area contributed by atoms with Crippen LogP contribution < -0.4 is 0 Å². The van der Waals surface area contributed by atoms with Gasteiger partial charge in [-0.2, -0.15) is 13.2 Å². The van der Waals surface area contributed by atoms with Crippen molar-refractivity contribution in [2.24, 2.45) is 0 Å². The van der Waals surface area contributed by atoms with Crippen LogP contribution in [0.2, 0.25) is 10.0 Å². The fourth-order valence-corrected chi connectivity index (χ4v) is 2.48. The van der Waals surface area contributed by atoms with Crippen LogP contribution in [0.4, 0.5) is 13.2 Å². The second kappa shape index (κ2) is 4.85. The summed E-state index contributed by atoms with van der Waals surface area (Å²) < 4.78 is 36.6. The minimum atomic E-state index is -4.33. The van der Waals surface area contributed by atoms with Gasteiger partial charge in [0.05, 0.1) is 5.02 Å². The lowest BCUT2D eigenvalue weighted by molar-refractivity contribution is -0.0328. The van der Waals surface area contributed by atoms with Crippen LogP contribution in [0.15, 0.2) is 17.0 Å². The van der Waals surface area contributed by atoms with Crippen LogP contribution in [0, 0.1) is 0 Å². The highest BCUT2D eigenvalue weighted by Crippen LogP contribution is 2.43. The number of benzene rings is 1. The van der Waals surface area contributed by atoms with Gasteiger partial charge in [-0.25, -0.2) is 0 Å². The second-order valence-corrected chi connectivity index (χ2v) is 4.70. The Morgan fingerprint density at radius 2 is 1.87 bits per heavy atom. The second-order valence-electron chi connectivity index (χ2n) is 2.78. The van der Waals surface area contributed by atoms with Gasteiger partial charge < -0.3 is 0 Å². The molecular weight excluding hydrogens is 268 g/mol. The molecule has 1 aromatic carbocycles. The molecule has 0 saturated heterocycles. The van der Waals surface area contributed by atoms with Gasteiger partial charge in [-0.3, -0.25) is 0 Å². The molecular formula is C9H7Cl2F3S. The zero-order chi connectivity index (χ0) is 11.6. The van der Waals surface area contributed by atoms with Crippen molar-refractivity contribution in [1.29, 1.82) is 0 Å². The molecule has 6 heteroatoms. The van der Waals surface area contributed by atoms with Crippen LogP contribution in [0.25, 0.3) is 0 Å². The predicted molar refractivity (Wildman–Crippen MR) is 57.8 cm³/mol. The first-order chi connectivity index (χ1) is 6.83. The maximum Gasteiger partial charge on any atom is 0.446 e. The predicted octanol–water partition coefficient (Wildman–Crippen LogP) is 5.17. The Bertz CT molecular complexity index is 363. The highest BCUT2D eigenvalue weighted by atomic mass is 35.5. The quantitative estimate of drug-likeness (QED) is 0.671. The van der Waals surface area contributed by atoms with Gasteiger partial charge in [-0.05, 0) is 35.9 Å². The van der Waals surface area contributed by atoms with E-state index in [2.05, 4.69) is 0 Å². The molecule has 0 aromatic heterocycles. The maximum absolute atomic E-state index is 12.2. The summed E-state index contributed by atoms with van der Waals surface area (Å²) in [7, 11) is 0. The molecule has 0 nitrogen and oxygen atoms in total. The molecule has 15 heavy (non-hydrogen) atoms. The summed E-state index contributed by atoms with van der Waals surface area (Å²) >= 11 is 11.2. The molecule has 0 aliphatic carbocycles. The summed E-state index contributed by atoms with van der Waals surface area (Å²) in [4.78, 5) is 0.0380. The van der Waals surface area contributed by atoms with Crippen molar-refractivity contribution in [3.63, 3.8) is 0 Å². The molecule has 0 amide bonds. The first-order valence-corrected chi connectivity index (χ1v) is 5.64. The largest absolute Gasteiger partial charge is 0.446 e. The van der Waals surface area contributed by atoms with E-state index in [0.29, 0.717) is 17.0 Å². The van der Waals surface area contributed by atoms with Crippen molar-refractivity contribution in [2.75, 3.05) is 0 Å². The summed E-state index contributed by atoms with van der Waals surface area (Å²) in [5.74, 6) is 0. The van der Waals surface area contributed by atoms with Gasteiger partial charge in [0.25, 0.3) is 0 Å². The monoisotopic (exact) mass is 274 g/mol. The van der Waals surface area contributed by atoms with Crippen molar-refractivity contribution in [1.82, 2.24) is 0 Å². The van der Waals surface area contributed by atoms with Crippen LogP contribution in [0.3, 0.4) is 0 Å². The molecule has 0 fully saturated rings. The highest BCUT2D eigenvalue weighted by molar-refractivity contribution is 8.00. The standard InChI is InChI=1S/C9H7Cl2F3S/c1-2-5-3-6(10)4-7(11)8(5)15-9(12,13)14/h3-4H,2H2,1H3. The zero-order valence-electron chi connectivity index (χ0n) is 7.66. The first-order valence-electron chi connectivity index (χ1n) is 4.07. The number of alkyl halides is 3. The highest BCUT2D eigenvalue weighted by Gasteiger charge is 2.31. The van der Waals surface area contributed by atoms with Crippen molar-refractivity contribution in [3.05, 3.63) is 27.7 Å². The normalized spacial score (nSPS) is 11.9. The Morgan fingerprint density at radius 1 is 1.27 bits per heavy atom. The van der Waals surface area contributed by atoms with E-state index in [0.717, 1.165) is 0 Å². The third-order valence-corrected chi connectivity index (χ3v) is 3.23. The number of thioether (sulfide) groups is 1. The van der Waals surface area contributed by atoms with Gasteiger partial charge in [0.2, 0.25) is 0 Å². The fourth-order valence-electron chi connectivity index (χ4n) is 1.11. The van der Waals surface area contributed by atoms with Gasteiger partial charge in [-0.1, -0.05) is 30.1 Å². The molecule has 0 unspecified atom stereocenters. The van der Waals surface area contributed by atoms with Crippen LogP contribution in [0.5, 0.6) is 0 Å². The number of aryl methyl sites for hydroxylation is 1. The number of rotatable bonds is 2. The summed E-state index contributed by atoms with van der Waals surface area (Å²) in [6.07, 6.45) is 0.457. The van der Waals surface area contributed by atoms with E-state index in [9.17, 15) is 13.2 Å². The summed E-state index contributed by atoms with van der Waals surface area (Å²) in [5, 5.41) is 0.394. The smallest absolute Gasteiger partial charge is 0.160 e. The van der Waals surface area contributed by atoms with E-state index < -0.39 is 5.51 Å². The number of hydrogen-bond donors (Lipinski definition) is 0. The van der Waals surface area contributed by atoms with Crippen molar-refractivity contribution >= 4 is 35.0 Å². The molecule has 1 rings (SSSR count). The Kier molecular flexibility index (Phi) is 4.20. The van der Waals surface area contributed by atoms with Gasteiger partial charge >= 0.3 is 5.51 Å². The SMILES string of the molecule is CCc1cc(Cl)cc(Cl)c1SC(F)(F)F. The Balaban J connectivity index is 3.15. The van der Waals surface area contributed by atoms with E-state index in [1.807, 2.05) is 0 Å². The van der Waals surface area contributed by atoms with Crippen LogP contribution >= 0.6 is 35.0 Å². The van der Waals surface area contributed by atoms with E-state index in [4.69, 9.17) is 23.2 Å². The maximum atomic E-state index is 12.2. The van der Waals surface area contributed by atoms with Crippen molar-refractivity contribution in [2.45, 2.75) is 23.7 Å². The molecule has 0 radical (unpaired) electrons. The van der Waals surface area contributed by atoms with Crippen molar-refractivity contribution in [3.8, 4) is 0 Å². The lowest BCUT2D eigenvalue weighted by atomic mass is 10.2. The fraction of sp³-hybridized carbons (Fsp3) is 0.333. The summed E-state index contributed by atoms with van der Waals surface area (Å²) in [5.41, 5.74) is -3.82. The molecule has 0 atom stereocenters. The van der Waals surface area contributed by atoms with Crippen LogP contribution in [-0.4, -0.2) is 5.51 Å². The summed E-state index contributed by atoms with van der Waals surface area (Å²) in [6.45, 7) is 1.75. The van der Waals surface area contributed by atoms with Gasteiger partial charge in [0.15, 0.2) is 0 Å². The molecule has 84 valence electrons. The zero-order valence-corrected chi connectivity index (χ0v) is 9.99. The topological polar surface area (TPSA) is 0 Å². The number of halogens is 5. The third-order valence-electron chi connectivity index (χ3n) is 1.68. The average molecular weight is 275 g/mol. The summed E-state index contributed by atoms with van der Waals surface area (Å²) in [6, 6.07) is 2.82. The molecule has 0 saturated carbocycles. The average Bonchev–Trinajstić information content (AvgIpc) is 2.07. The lowest BCUT2D eigenvalue weighted by Gasteiger charge is -2.12. The molecule has 0 heterocycles. The van der Waals surface area contributed by atoms with Crippen molar-refractivity contribution < 1.29 is 13.2 Å². The molecule has 0 bridgehead atoms. The molecule has 0 aliphatic rings. The minimum absolute atomic E-state index is 0.0380. The molecule has 1 aromatic rings. The van der Waals surface area contributed by atoms with Gasteiger partial charge in [-0.15, -0.1) is 0 Å². The minimum Gasteiger partial charge on any atom is -0.160 e. The molecule has 0 N–H and O–H groups in total. The van der Waals surface area contributed by atoms with Crippen LogP contribution in [0.1, 0.15) is 12.5 Å². The first kappa shape index (κ1) is 13.0. The molecule has 0 spiro atoms. The van der Waals surface area contributed by atoms with Gasteiger partial charge in [0.1, 0.15) is 0 Å². The molecule has 0 aliphatic heterocycles. The van der Waals surface area contributed by atoms with Crippen LogP contribution in [-0.2, 0) is 6.42 Å². The lowest BCUT2D eigenvalue weighted by Crippen LogP contribution is -2.01. The Labute approximate surface area is 99.8 Å². The van der Waals surface area contributed by atoms with Gasteiger partial charge in [0, 0.05) is 9.92 Å². The van der Waals surface area contributed by atoms with E-state index in [1.165, 1.54) is 12.1 Å². The Hall–Kier alpha value is -0.0600. The van der Waals surface area contributed by atoms with E-state index >= 15 is 0 Å². The number of hydrogen-bond acceptors (Lipinski definition) is 1. The van der Waals surface area contributed by atoms with E-state index in [-0.39, 0.29) is 21.7 Å². The third kappa shape index (κ3) is 3.78.